The molecule has 0 aliphatic heterocycles. The second-order valence-corrected chi connectivity index (χ2v) is 4.71. The van der Waals surface area contributed by atoms with Crippen molar-refractivity contribution in [2.75, 3.05) is 12.4 Å². The number of amides is 1. The van der Waals surface area contributed by atoms with Crippen LogP contribution in [0.5, 0.6) is 11.5 Å². The first-order valence-electron chi connectivity index (χ1n) is 5.96. The summed E-state index contributed by atoms with van der Waals surface area (Å²) in [6.45, 7) is 1.86. The van der Waals surface area contributed by atoms with Gasteiger partial charge in [-0.1, -0.05) is 11.6 Å². The summed E-state index contributed by atoms with van der Waals surface area (Å²) in [5.74, 6) is 0.334. The van der Waals surface area contributed by atoms with Crippen molar-refractivity contribution >= 4 is 23.2 Å². The van der Waals surface area contributed by atoms with Crippen LogP contribution in [0.15, 0.2) is 36.4 Å². The molecule has 104 valence electrons. The number of hydrogen-bond donors (Lipinski definition) is 2. The predicted octanol–water partition coefficient (Wildman–Crippen LogP) is 3.61. The average Bonchev–Trinajstić information content (AvgIpc) is 2.43. The highest BCUT2D eigenvalue weighted by Crippen LogP contribution is 2.25. The summed E-state index contributed by atoms with van der Waals surface area (Å²) in [4.78, 5) is 12.2. The Morgan fingerprint density at radius 2 is 2.00 bits per heavy atom. The van der Waals surface area contributed by atoms with Gasteiger partial charge >= 0.3 is 0 Å². The Labute approximate surface area is 122 Å². The van der Waals surface area contributed by atoms with Crippen LogP contribution in [0.25, 0.3) is 0 Å². The van der Waals surface area contributed by atoms with Crippen molar-refractivity contribution in [1.29, 1.82) is 0 Å². The second kappa shape index (κ2) is 5.84. The molecule has 1 amide bonds. The first-order valence-corrected chi connectivity index (χ1v) is 6.33. The SMILES string of the molecule is COc1ccc(NC(=O)c2cc(O)ccc2Cl)c(C)c1. The third-order valence-corrected chi connectivity index (χ3v) is 3.21. The summed E-state index contributed by atoms with van der Waals surface area (Å²) in [7, 11) is 1.58. The van der Waals surface area contributed by atoms with E-state index in [4.69, 9.17) is 16.3 Å². The van der Waals surface area contributed by atoms with Gasteiger partial charge in [0.15, 0.2) is 0 Å². The van der Waals surface area contributed by atoms with Gasteiger partial charge in [0.25, 0.3) is 5.91 Å². The fraction of sp³-hybridized carbons (Fsp3) is 0.133. The van der Waals surface area contributed by atoms with E-state index >= 15 is 0 Å². The number of carbonyl (C=O) groups is 1. The largest absolute Gasteiger partial charge is 0.508 e. The van der Waals surface area contributed by atoms with E-state index in [-0.39, 0.29) is 22.2 Å². The zero-order chi connectivity index (χ0) is 14.7. The van der Waals surface area contributed by atoms with Crippen molar-refractivity contribution in [1.82, 2.24) is 0 Å². The maximum atomic E-state index is 12.2. The highest BCUT2D eigenvalue weighted by molar-refractivity contribution is 6.34. The number of carbonyl (C=O) groups excluding carboxylic acids is 1. The van der Waals surface area contributed by atoms with Gasteiger partial charge < -0.3 is 15.2 Å². The molecule has 5 heteroatoms. The molecule has 0 radical (unpaired) electrons. The molecule has 2 rings (SSSR count). The number of rotatable bonds is 3. The minimum atomic E-state index is -0.376. The molecule has 2 aromatic rings. The lowest BCUT2D eigenvalue weighted by molar-refractivity contribution is 0.102. The molecule has 0 saturated heterocycles. The van der Waals surface area contributed by atoms with Gasteiger partial charge in [-0.15, -0.1) is 0 Å². The third kappa shape index (κ3) is 3.03. The summed E-state index contributed by atoms with van der Waals surface area (Å²) in [5, 5.41) is 12.5. The molecule has 0 unspecified atom stereocenters. The van der Waals surface area contributed by atoms with Crippen LogP contribution in [0.2, 0.25) is 5.02 Å². The van der Waals surface area contributed by atoms with E-state index in [0.717, 1.165) is 11.3 Å². The van der Waals surface area contributed by atoms with Crippen LogP contribution in [0.4, 0.5) is 5.69 Å². The number of benzene rings is 2. The van der Waals surface area contributed by atoms with E-state index in [2.05, 4.69) is 5.32 Å². The molecule has 2 N–H and O–H groups in total. The first-order chi connectivity index (χ1) is 9.51. The van der Waals surface area contributed by atoms with Crippen LogP contribution in [0.3, 0.4) is 0 Å². The Morgan fingerprint density at radius 3 is 2.65 bits per heavy atom. The van der Waals surface area contributed by atoms with Crippen molar-refractivity contribution in [3.05, 3.63) is 52.5 Å². The summed E-state index contributed by atoms with van der Waals surface area (Å²) in [6.07, 6.45) is 0. The van der Waals surface area contributed by atoms with Crippen LogP contribution >= 0.6 is 11.6 Å². The molecule has 0 heterocycles. The molecule has 0 saturated carbocycles. The lowest BCUT2D eigenvalue weighted by Gasteiger charge is -2.11. The number of aromatic hydroxyl groups is 1. The summed E-state index contributed by atoms with van der Waals surface area (Å²) in [5.41, 5.74) is 1.76. The number of halogens is 1. The van der Waals surface area contributed by atoms with Crippen LogP contribution < -0.4 is 10.1 Å². The number of anilines is 1. The molecule has 0 spiro atoms. The van der Waals surface area contributed by atoms with Gasteiger partial charge in [0.05, 0.1) is 17.7 Å². The van der Waals surface area contributed by atoms with Gasteiger partial charge in [-0.2, -0.15) is 0 Å². The molecule has 0 fully saturated rings. The molecule has 0 aliphatic rings. The van der Waals surface area contributed by atoms with E-state index in [9.17, 15) is 9.90 Å². The number of hydrogen-bond acceptors (Lipinski definition) is 3. The average molecular weight is 292 g/mol. The van der Waals surface area contributed by atoms with Crippen LogP contribution in [0.1, 0.15) is 15.9 Å². The highest BCUT2D eigenvalue weighted by Gasteiger charge is 2.12. The standard InChI is InChI=1S/C15H14ClNO3/c1-9-7-11(20-2)4-6-14(9)17-15(19)12-8-10(18)3-5-13(12)16/h3-8,18H,1-2H3,(H,17,19). The van der Waals surface area contributed by atoms with Gasteiger partial charge in [-0.3, -0.25) is 4.79 Å². The van der Waals surface area contributed by atoms with Crippen molar-refractivity contribution in [2.24, 2.45) is 0 Å². The zero-order valence-corrected chi connectivity index (χ0v) is 11.9. The smallest absolute Gasteiger partial charge is 0.257 e. The normalized spacial score (nSPS) is 10.2. The van der Waals surface area contributed by atoms with Crippen molar-refractivity contribution < 1.29 is 14.6 Å². The predicted molar refractivity (Wildman–Crippen MR) is 78.8 cm³/mol. The minimum absolute atomic E-state index is 0.00833. The Bertz CT molecular complexity index is 656. The quantitative estimate of drug-likeness (QED) is 0.908. The van der Waals surface area contributed by atoms with Crippen molar-refractivity contribution in [3.63, 3.8) is 0 Å². The Morgan fingerprint density at radius 1 is 1.25 bits per heavy atom. The molecular weight excluding hydrogens is 278 g/mol. The van der Waals surface area contributed by atoms with Crippen molar-refractivity contribution in [2.45, 2.75) is 6.92 Å². The summed E-state index contributed by atoms with van der Waals surface area (Å²) in [6, 6.07) is 9.57. The van der Waals surface area contributed by atoms with E-state index < -0.39 is 0 Å². The summed E-state index contributed by atoms with van der Waals surface area (Å²) < 4.78 is 5.11. The van der Waals surface area contributed by atoms with Gasteiger partial charge in [-0.05, 0) is 48.9 Å². The number of nitrogens with one attached hydrogen (secondary N) is 1. The fourth-order valence-corrected chi connectivity index (χ4v) is 1.98. The molecule has 2 aromatic carbocycles. The first kappa shape index (κ1) is 14.2. The maximum Gasteiger partial charge on any atom is 0.257 e. The van der Waals surface area contributed by atoms with E-state index in [0.29, 0.717) is 5.69 Å². The lowest BCUT2D eigenvalue weighted by atomic mass is 10.1. The second-order valence-electron chi connectivity index (χ2n) is 4.30. The van der Waals surface area contributed by atoms with Crippen LogP contribution in [0, 0.1) is 6.92 Å². The highest BCUT2D eigenvalue weighted by atomic mass is 35.5. The molecular formula is C15H14ClNO3. The van der Waals surface area contributed by atoms with E-state index in [1.165, 1.54) is 18.2 Å². The number of phenolic OH excluding ortho intramolecular Hbond substituents is 1. The van der Waals surface area contributed by atoms with Gasteiger partial charge in [0, 0.05) is 5.69 Å². The maximum absolute atomic E-state index is 12.2. The van der Waals surface area contributed by atoms with Gasteiger partial charge in [0.1, 0.15) is 11.5 Å². The molecule has 0 aliphatic carbocycles. The monoisotopic (exact) mass is 291 g/mol. The molecule has 0 atom stereocenters. The van der Waals surface area contributed by atoms with E-state index in [1.807, 2.05) is 13.0 Å². The third-order valence-electron chi connectivity index (χ3n) is 2.88. The van der Waals surface area contributed by atoms with Gasteiger partial charge in [-0.25, -0.2) is 0 Å². The number of ether oxygens (including phenoxy) is 1. The number of aryl methyl sites for hydroxylation is 1. The van der Waals surface area contributed by atoms with Crippen molar-refractivity contribution in [3.8, 4) is 11.5 Å². The Hall–Kier alpha value is -2.20. The lowest BCUT2D eigenvalue weighted by Crippen LogP contribution is -2.13. The van der Waals surface area contributed by atoms with Crippen LogP contribution in [-0.2, 0) is 0 Å². The molecule has 0 bridgehead atoms. The Kier molecular flexibility index (Phi) is 4.15. The van der Waals surface area contributed by atoms with Crippen LogP contribution in [-0.4, -0.2) is 18.1 Å². The number of methoxy groups -OCH3 is 1. The Balaban J connectivity index is 2.25. The number of phenols is 1. The molecule has 0 aromatic heterocycles. The van der Waals surface area contributed by atoms with Gasteiger partial charge in [0.2, 0.25) is 0 Å². The molecule has 20 heavy (non-hydrogen) atoms. The van der Waals surface area contributed by atoms with E-state index in [1.54, 1.807) is 19.2 Å². The molecule has 4 nitrogen and oxygen atoms in total. The minimum Gasteiger partial charge on any atom is -0.508 e. The topological polar surface area (TPSA) is 58.6 Å². The fourth-order valence-electron chi connectivity index (χ4n) is 1.78. The summed E-state index contributed by atoms with van der Waals surface area (Å²) >= 11 is 5.95. The zero-order valence-electron chi connectivity index (χ0n) is 11.1.